The van der Waals surface area contributed by atoms with Crippen molar-refractivity contribution in [2.45, 2.75) is 52.9 Å². The maximum atomic E-state index is 9.28. The highest BCUT2D eigenvalue weighted by molar-refractivity contribution is 5.60. The smallest absolute Gasteiger partial charge is 0.0606 e. The van der Waals surface area contributed by atoms with Crippen LogP contribution in [0.1, 0.15) is 58.4 Å². The Morgan fingerprint density at radius 3 is 2.65 bits per heavy atom. The first-order chi connectivity index (χ1) is 11.0. The molecule has 0 aliphatic heterocycles. The highest BCUT2D eigenvalue weighted by Crippen LogP contribution is 2.46. The topological polar surface area (TPSA) is 49.5 Å². The van der Waals surface area contributed by atoms with Gasteiger partial charge in [-0.25, -0.2) is 0 Å². The zero-order valence-corrected chi connectivity index (χ0v) is 15.3. The molecule has 3 unspecified atom stereocenters. The van der Waals surface area contributed by atoms with E-state index in [9.17, 15) is 5.11 Å². The van der Waals surface area contributed by atoms with Crippen LogP contribution in [0.4, 0.5) is 11.4 Å². The van der Waals surface area contributed by atoms with Crippen LogP contribution in [0.15, 0.2) is 18.2 Å². The van der Waals surface area contributed by atoms with Crippen LogP contribution in [0.25, 0.3) is 0 Å². The third-order valence-electron chi connectivity index (χ3n) is 5.61. The van der Waals surface area contributed by atoms with Crippen molar-refractivity contribution in [1.29, 1.82) is 0 Å². The van der Waals surface area contributed by atoms with E-state index in [1.165, 1.54) is 30.5 Å². The molecule has 0 amide bonds. The first-order valence-corrected chi connectivity index (χ1v) is 9.23. The van der Waals surface area contributed by atoms with Gasteiger partial charge in [0.25, 0.3) is 0 Å². The molecule has 0 saturated heterocycles. The van der Waals surface area contributed by atoms with E-state index in [4.69, 9.17) is 5.73 Å². The molecule has 1 saturated carbocycles. The Bertz CT molecular complexity index is 500. The molecule has 3 atom stereocenters. The quantitative estimate of drug-likeness (QED) is 0.770. The van der Waals surface area contributed by atoms with Gasteiger partial charge in [-0.2, -0.15) is 0 Å². The van der Waals surface area contributed by atoms with E-state index in [0.29, 0.717) is 18.4 Å². The second-order valence-electron chi connectivity index (χ2n) is 7.55. The van der Waals surface area contributed by atoms with Crippen molar-refractivity contribution in [1.82, 2.24) is 0 Å². The fourth-order valence-corrected chi connectivity index (χ4v) is 4.23. The number of nitrogens with two attached hydrogens (primary N) is 1. The Hall–Kier alpha value is -1.22. The summed E-state index contributed by atoms with van der Waals surface area (Å²) in [5.41, 5.74) is 9.81. The van der Waals surface area contributed by atoms with Gasteiger partial charge in [0.05, 0.1) is 6.61 Å². The summed E-state index contributed by atoms with van der Waals surface area (Å²) < 4.78 is 0. The maximum absolute atomic E-state index is 9.28. The number of likely N-dealkylation sites (N-methyl/N-ethyl adjacent to an activating group) is 1. The monoisotopic (exact) mass is 318 g/mol. The molecule has 23 heavy (non-hydrogen) atoms. The fraction of sp³-hybridized carbons (Fsp3) is 0.700. The van der Waals surface area contributed by atoms with Gasteiger partial charge >= 0.3 is 0 Å². The molecule has 1 aliphatic rings. The van der Waals surface area contributed by atoms with Crippen LogP contribution in [0.3, 0.4) is 0 Å². The molecule has 2 rings (SSSR count). The number of aliphatic hydroxyl groups excluding tert-OH is 1. The number of aliphatic hydroxyl groups is 1. The van der Waals surface area contributed by atoms with Crippen molar-refractivity contribution in [3.05, 3.63) is 23.8 Å². The molecule has 3 heteroatoms. The van der Waals surface area contributed by atoms with Crippen molar-refractivity contribution in [2.24, 2.45) is 17.8 Å². The lowest BCUT2D eigenvalue weighted by Crippen LogP contribution is -2.28. The lowest BCUT2D eigenvalue weighted by atomic mass is 9.67. The van der Waals surface area contributed by atoms with Crippen LogP contribution in [-0.4, -0.2) is 24.8 Å². The predicted octanol–water partition coefficient (Wildman–Crippen LogP) is 4.26. The Balaban J connectivity index is 2.35. The summed E-state index contributed by atoms with van der Waals surface area (Å²) in [5.74, 6) is 2.75. The number of rotatable bonds is 6. The molecule has 0 heterocycles. The van der Waals surface area contributed by atoms with Gasteiger partial charge in [0, 0.05) is 24.5 Å². The minimum absolute atomic E-state index is 0.183. The maximum Gasteiger partial charge on any atom is 0.0606 e. The van der Waals surface area contributed by atoms with Crippen LogP contribution in [0, 0.1) is 17.8 Å². The van der Waals surface area contributed by atoms with E-state index in [-0.39, 0.29) is 6.61 Å². The van der Waals surface area contributed by atoms with Gasteiger partial charge < -0.3 is 15.7 Å². The summed E-state index contributed by atoms with van der Waals surface area (Å²) in [6.07, 6.45) is 3.88. The van der Waals surface area contributed by atoms with Crippen molar-refractivity contribution in [2.75, 3.05) is 30.3 Å². The normalized spacial score (nSPS) is 24.9. The molecule has 1 fully saturated rings. The molecule has 0 aromatic heterocycles. The summed E-state index contributed by atoms with van der Waals surface area (Å²) in [7, 11) is 0. The molecule has 3 N–H and O–H groups in total. The third-order valence-corrected chi connectivity index (χ3v) is 5.61. The van der Waals surface area contributed by atoms with Crippen molar-refractivity contribution < 1.29 is 5.11 Å². The van der Waals surface area contributed by atoms with Crippen molar-refractivity contribution in [3.63, 3.8) is 0 Å². The molecule has 1 aromatic rings. The highest BCUT2D eigenvalue weighted by Gasteiger charge is 2.33. The molecule has 3 nitrogen and oxygen atoms in total. The fourth-order valence-electron chi connectivity index (χ4n) is 4.23. The van der Waals surface area contributed by atoms with Gasteiger partial charge in [-0.3, -0.25) is 0 Å². The highest BCUT2D eigenvalue weighted by atomic mass is 16.3. The van der Waals surface area contributed by atoms with Crippen molar-refractivity contribution >= 4 is 11.4 Å². The first kappa shape index (κ1) is 18.1. The summed E-state index contributed by atoms with van der Waals surface area (Å²) >= 11 is 0. The second-order valence-corrected chi connectivity index (χ2v) is 7.55. The van der Waals surface area contributed by atoms with Crippen LogP contribution in [-0.2, 0) is 0 Å². The van der Waals surface area contributed by atoms with Crippen LogP contribution < -0.4 is 10.6 Å². The standard InChI is InChI=1S/C20H34N2O/c1-5-22(10-11-23)16-7-9-20(21)19(13-16)18-12-15(4)6-8-17(18)14(2)3/h7,9,13-15,17-18,23H,5-6,8,10-12,21H2,1-4H3. The Labute approximate surface area is 141 Å². The van der Waals surface area contributed by atoms with Gasteiger partial charge in [0.15, 0.2) is 0 Å². The average Bonchev–Trinajstić information content (AvgIpc) is 2.53. The lowest BCUT2D eigenvalue weighted by Gasteiger charge is -2.38. The third kappa shape index (κ3) is 4.20. The molecule has 1 aromatic carbocycles. The largest absolute Gasteiger partial charge is 0.398 e. The lowest BCUT2D eigenvalue weighted by molar-refractivity contribution is 0.198. The number of nitrogens with zero attached hydrogens (tertiary/aromatic N) is 1. The zero-order chi connectivity index (χ0) is 17.0. The number of hydrogen-bond donors (Lipinski definition) is 2. The van der Waals surface area contributed by atoms with E-state index >= 15 is 0 Å². The van der Waals surface area contributed by atoms with E-state index in [1.54, 1.807) is 0 Å². The van der Waals surface area contributed by atoms with Gasteiger partial charge in [-0.05, 0) is 67.2 Å². The summed E-state index contributed by atoms with van der Waals surface area (Å²) in [6, 6.07) is 6.43. The number of nitrogen functional groups attached to an aromatic ring is 1. The summed E-state index contributed by atoms with van der Waals surface area (Å²) in [4.78, 5) is 2.22. The Morgan fingerprint density at radius 1 is 1.30 bits per heavy atom. The van der Waals surface area contributed by atoms with Crippen LogP contribution in [0.5, 0.6) is 0 Å². The van der Waals surface area contributed by atoms with Gasteiger partial charge in [-0.15, -0.1) is 0 Å². The van der Waals surface area contributed by atoms with E-state index < -0.39 is 0 Å². The van der Waals surface area contributed by atoms with Crippen LogP contribution in [0.2, 0.25) is 0 Å². The van der Waals surface area contributed by atoms with Gasteiger partial charge in [0.2, 0.25) is 0 Å². The minimum Gasteiger partial charge on any atom is -0.398 e. The molecule has 0 bridgehead atoms. The molecule has 0 spiro atoms. The van der Waals surface area contributed by atoms with E-state index in [0.717, 1.165) is 24.1 Å². The molecular weight excluding hydrogens is 284 g/mol. The molecule has 1 aliphatic carbocycles. The number of hydrogen-bond acceptors (Lipinski definition) is 3. The summed E-state index contributed by atoms with van der Waals surface area (Å²) in [6.45, 7) is 10.9. The predicted molar refractivity (Wildman–Crippen MR) is 99.9 cm³/mol. The Morgan fingerprint density at radius 2 is 2.04 bits per heavy atom. The molecule has 0 radical (unpaired) electrons. The molecule has 130 valence electrons. The number of anilines is 2. The molecular formula is C20H34N2O. The Kier molecular flexibility index (Phi) is 6.34. The van der Waals surface area contributed by atoms with Crippen LogP contribution >= 0.6 is 0 Å². The van der Waals surface area contributed by atoms with Gasteiger partial charge in [0.1, 0.15) is 0 Å². The van der Waals surface area contributed by atoms with E-state index in [2.05, 4.69) is 50.8 Å². The second kappa shape index (κ2) is 8.05. The first-order valence-electron chi connectivity index (χ1n) is 9.23. The summed E-state index contributed by atoms with van der Waals surface area (Å²) in [5, 5.41) is 9.28. The number of benzene rings is 1. The minimum atomic E-state index is 0.183. The SMILES string of the molecule is CCN(CCO)c1ccc(N)c(C2CC(C)CCC2C(C)C)c1. The van der Waals surface area contributed by atoms with E-state index in [1.807, 2.05) is 0 Å². The van der Waals surface area contributed by atoms with Gasteiger partial charge in [-0.1, -0.05) is 27.2 Å². The van der Waals surface area contributed by atoms with Crippen molar-refractivity contribution in [3.8, 4) is 0 Å². The average molecular weight is 319 g/mol. The zero-order valence-electron chi connectivity index (χ0n) is 15.3.